The summed E-state index contributed by atoms with van der Waals surface area (Å²) in [7, 11) is 1.41. The van der Waals surface area contributed by atoms with Crippen molar-refractivity contribution in [2.75, 3.05) is 13.7 Å². The Bertz CT molecular complexity index is 1580. The van der Waals surface area contributed by atoms with Crippen molar-refractivity contribution in [1.29, 1.82) is 0 Å². The van der Waals surface area contributed by atoms with Crippen LogP contribution in [0.3, 0.4) is 0 Å². The normalized spacial score (nSPS) is 22.1. The van der Waals surface area contributed by atoms with Gasteiger partial charge >= 0.3 is 0 Å². The van der Waals surface area contributed by atoms with Crippen LogP contribution in [-0.2, 0) is 43.7 Å². The zero-order chi connectivity index (χ0) is 33.8. The van der Waals surface area contributed by atoms with Crippen molar-refractivity contribution in [3.63, 3.8) is 0 Å². The highest BCUT2D eigenvalue weighted by atomic mass is 16.7. The summed E-state index contributed by atoms with van der Waals surface area (Å²) in [6.45, 7) is 2.72. The molecule has 2 aromatic heterocycles. The second-order valence-corrected chi connectivity index (χ2v) is 11.2. The van der Waals surface area contributed by atoms with Crippen LogP contribution in [0.4, 0.5) is 0 Å². The van der Waals surface area contributed by atoms with Crippen molar-refractivity contribution in [3.8, 4) is 11.4 Å². The van der Waals surface area contributed by atoms with Crippen molar-refractivity contribution in [2.24, 2.45) is 0 Å². The summed E-state index contributed by atoms with van der Waals surface area (Å²) in [5, 5.41) is 77.7. The molecule has 0 amide bonds. The fraction of sp³-hybridized carbons (Fsp3) is 0.484. The van der Waals surface area contributed by atoms with Crippen LogP contribution in [0.2, 0.25) is 0 Å². The molecular weight excluding hydrogens is 616 g/mol. The minimum Gasteiger partial charge on any atom is -0.394 e. The Kier molecular flexibility index (Phi) is 10.8. The third-order valence-electron chi connectivity index (χ3n) is 8.13. The standard InChI is InChI=1S/C31H40N6O10/c1-4-30(40,41)19-6-10-23(11-7-19)36-14-21(32-34-36)17-45-27-26(39)25(16-38)47-29(44-3)28(27)46-18-22-15-37(35-33-22)24-12-8-20(9-13-24)31(42,43)5-2/h6-15,25-29,38-43H,4-5,16-18H2,1-3H3/t25?,26-,27-,28?,29+/m0/s1. The molecule has 2 aromatic carbocycles. The molecule has 5 rings (SSSR count). The molecule has 0 saturated carbocycles. The van der Waals surface area contributed by atoms with Gasteiger partial charge in [-0.3, -0.25) is 0 Å². The summed E-state index contributed by atoms with van der Waals surface area (Å²) in [5.41, 5.74) is 2.85. The third-order valence-corrected chi connectivity index (χ3v) is 8.13. The van der Waals surface area contributed by atoms with E-state index in [9.17, 15) is 30.6 Å². The Morgan fingerprint density at radius 1 is 0.745 bits per heavy atom. The number of ether oxygens (including phenoxy) is 4. The van der Waals surface area contributed by atoms with Crippen LogP contribution in [-0.4, -0.2) is 105 Å². The van der Waals surface area contributed by atoms with Crippen molar-refractivity contribution >= 4 is 0 Å². The molecule has 0 radical (unpaired) electrons. The summed E-state index contributed by atoms with van der Waals surface area (Å²) in [4.78, 5) is 0. The lowest BCUT2D eigenvalue weighted by atomic mass is 9.98. The zero-order valence-corrected chi connectivity index (χ0v) is 26.2. The Balaban J connectivity index is 1.26. The van der Waals surface area contributed by atoms with Crippen molar-refractivity contribution < 1.29 is 49.6 Å². The van der Waals surface area contributed by atoms with Gasteiger partial charge in [-0.25, -0.2) is 9.36 Å². The molecule has 2 unspecified atom stereocenters. The summed E-state index contributed by atoms with van der Waals surface area (Å²) < 4.78 is 26.4. The van der Waals surface area contributed by atoms with Crippen LogP contribution in [0.1, 0.15) is 49.2 Å². The molecule has 4 aromatic rings. The van der Waals surface area contributed by atoms with Crippen molar-refractivity contribution in [2.45, 2.75) is 82.2 Å². The van der Waals surface area contributed by atoms with Gasteiger partial charge in [0.15, 0.2) is 17.9 Å². The Labute approximate surface area is 270 Å². The van der Waals surface area contributed by atoms with Crippen molar-refractivity contribution in [1.82, 2.24) is 30.0 Å². The summed E-state index contributed by atoms with van der Waals surface area (Å²) in [6, 6.07) is 13.1. The molecule has 0 spiro atoms. The van der Waals surface area contributed by atoms with Crippen molar-refractivity contribution in [3.05, 3.63) is 83.4 Å². The largest absolute Gasteiger partial charge is 0.394 e. The molecule has 6 N–H and O–H groups in total. The molecule has 3 heterocycles. The first-order valence-electron chi connectivity index (χ1n) is 15.1. The molecule has 1 aliphatic heterocycles. The van der Waals surface area contributed by atoms with E-state index in [0.29, 0.717) is 33.9 Å². The number of nitrogens with zero attached hydrogens (tertiary/aromatic N) is 6. The number of aliphatic hydroxyl groups excluding tert-OH is 2. The van der Waals surface area contributed by atoms with Gasteiger partial charge in [0.05, 0.1) is 43.6 Å². The SMILES string of the molecule is CCC(O)(O)c1ccc(-n2cc(COC3[C@H](OC)OC(CO)[C@H](O)[C@@H]3OCc3cn(-c4ccc(C(O)(O)CC)cc4)nn3)nn2)cc1. The molecule has 5 atom stereocenters. The van der Waals surface area contributed by atoms with E-state index in [2.05, 4.69) is 20.6 Å². The van der Waals surface area contributed by atoms with Gasteiger partial charge < -0.3 is 49.6 Å². The van der Waals surface area contributed by atoms with E-state index in [1.165, 1.54) is 16.5 Å². The minimum atomic E-state index is -1.93. The van der Waals surface area contributed by atoms with E-state index in [4.69, 9.17) is 18.9 Å². The van der Waals surface area contributed by atoms with Gasteiger partial charge in [0.25, 0.3) is 0 Å². The van der Waals surface area contributed by atoms with Crippen LogP contribution in [0.5, 0.6) is 0 Å². The first kappa shape index (κ1) is 34.6. The van der Waals surface area contributed by atoms with E-state index in [0.717, 1.165) is 0 Å². The van der Waals surface area contributed by atoms with Crippen LogP contribution < -0.4 is 0 Å². The van der Waals surface area contributed by atoms with Gasteiger partial charge in [0, 0.05) is 31.1 Å². The topological polar surface area (TPSA) is 220 Å². The molecular formula is C31H40N6O10. The highest BCUT2D eigenvalue weighted by Gasteiger charge is 2.47. The van der Waals surface area contributed by atoms with Gasteiger partial charge in [-0.05, 0) is 24.3 Å². The lowest BCUT2D eigenvalue weighted by Crippen LogP contribution is -2.60. The highest BCUT2D eigenvalue weighted by Crippen LogP contribution is 2.29. The van der Waals surface area contributed by atoms with Gasteiger partial charge in [-0.15, -0.1) is 10.2 Å². The van der Waals surface area contributed by atoms with E-state index >= 15 is 0 Å². The number of rotatable bonds is 14. The molecule has 254 valence electrons. The van der Waals surface area contributed by atoms with Gasteiger partial charge in [0.2, 0.25) is 0 Å². The van der Waals surface area contributed by atoms with Crippen LogP contribution in [0.25, 0.3) is 11.4 Å². The second kappa shape index (κ2) is 14.6. The first-order valence-corrected chi connectivity index (χ1v) is 15.1. The molecule has 1 aliphatic rings. The van der Waals surface area contributed by atoms with Crippen LogP contribution in [0, 0.1) is 0 Å². The maximum atomic E-state index is 11.0. The summed E-state index contributed by atoms with van der Waals surface area (Å²) in [5.74, 6) is -3.85. The summed E-state index contributed by atoms with van der Waals surface area (Å²) >= 11 is 0. The Morgan fingerprint density at radius 3 is 1.60 bits per heavy atom. The Morgan fingerprint density at radius 2 is 1.19 bits per heavy atom. The predicted molar refractivity (Wildman–Crippen MR) is 161 cm³/mol. The second-order valence-electron chi connectivity index (χ2n) is 11.2. The van der Waals surface area contributed by atoms with Crippen LogP contribution >= 0.6 is 0 Å². The summed E-state index contributed by atoms with van der Waals surface area (Å²) in [6.07, 6.45) is -1.70. The smallest absolute Gasteiger partial charge is 0.189 e. The highest BCUT2D eigenvalue weighted by molar-refractivity contribution is 5.36. The number of hydrogen-bond donors (Lipinski definition) is 6. The number of benzene rings is 2. The number of hydrogen-bond acceptors (Lipinski definition) is 14. The fourth-order valence-electron chi connectivity index (χ4n) is 5.11. The van der Waals surface area contributed by atoms with E-state index in [1.54, 1.807) is 74.8 Å². The van der Waals surface area contributed by atoms with Gasteiger partial charge in [-0.2, -0.15) is 0 Å². The molecule has 16 heteroatoms. The van der Waals surface area contributed by atoms with E-state index < -0.39 is 48.9 Å². The number of aromatic nitrogens is 6. The number of aliphatic hydroxyl groups is 6. The monoisotopic (exact) mass is 656 g/mol. The maximum absolute atomic E-state index is 11.0. The quantitative estimate of drug-likeness (QED) is 0.0995. The fourth-order valence-corrected chi connectivity index (χ4v) is 5.11. The lowest BCUT2D eigenvalue weighted by Gasteiger charge is -2.43. The Hall–Kier alpha value is -3.68. The first-order chi connectivity index (χ1) is 22.5. The van der Waals surface area contributed by atoms with Gasteiger partial charge in [-0.1, -0.05) is 48.5 Å². The molecule has 47 heavy (non-hydrogen) atoms. The molecule has 16 nitrogen and oxygen atoms in total. The average molecular weight is 657 g/mol. The predicted octanol–water partition coefficient (Wildman–Crippen LogP) is 0.138. The molecule has 0 aliphatic carbocycles. The zero-order valence-electron chi connectivity index (χ0n) is 26.2. The van der Waals surface area contributed by atoms with Crippen LogP contribution in [0.15, 0.2) is 60.9 Å². The molecule has 0 bridgehead atoms. The molecule has 1 saturated heterocycles. The van der Waals surface area contributed by atoms with Gasteiger partial charge in [0.1, 0.15) is 35.8 Å². The maximum Gasteiger partial charge on any atom is 0.189 e. The molecule has 1 fully saturated rings. The number of methoxy groups -OCH3 is 1. The van der Waals surface area contributed by atoms with E-state index in [-0.39, 0.29) is 26.1 Å². The average Bonchev–Trinajstić information content (AvgIpc) is 3.77. The van der Waals surface area contributed by atoms with E-state index in [1.807, 2.05) is 0 Å². The minimum absolute atomic E-state index is 0.0538. The third kappa shape index (κ3) is 7.73. The lowest BCUT2D eigenvalue weighted by molar-refractivity contribution is -0.314.